The van der Waals surface area contributed by atoms with E-state index < -0.39 is 31.3 Å². The fourth-order valence-electron chi connectivity index (χ4n) is 0.872. The van der Waals surface area contributed by atoms with Crippen molar-refractivity contribution >= 4 is 19.7 Å². The average Bonchev–Trinajstić information content (AvgIpc) is 2.01. The van der Waals surface area contributed by atoms with E-state index in [1.54, 1.807) is 0 Å². The lowest BCUT2D eigenvalue weighted by molar-refractivity contribution is 0.358. The molecular formula is C7H5ClF2O3S. The summed E-state index contributed by atoms with van der Waals surface area (Å²) in [5, 5.41) is 0. The van der Waals surface area contributed by atoms with Crippen molar-refractivity contribution in [3.05, 3.63) is 23.8 Å². The van der Waals surface area contributed by atoms with Gasteiger partial charge in [-0.2, -0.15) is 0 Å². The van der Waals surface area contributed by atoms with Crippen molar-refractivity contribution in [2.75, 3.05) is 7.11 Å². The highest BCUT2D eigenvalue weighted by atomic mass is 35.7. The van der Waals surface area contributed by atoms with Gasteiger partial charge in [-0.1, -0.05) is 0 Å². The average molecular weight is 243 g/mol. The van der Waals surface area contributed by atoms with Crippen LogP contribution in [0, 0.1) is 11.6 Å². The zero-order chi connectivity index (χ0) is 10.9. The summed E-state index contributed by atoms with van der Waals surface area (Å²) in [6.07, 6.45) is 0. The van der Waals surface area contributed by atoms with Gasteiger partial charge in [0.25, 0.3) is 9.05 Å². The van der Waals surface area contributed by atoms with Crippen molar-refractivity contribution in [3.63, 3.8) is 0 Å². The van der Waals surface area contributed by atoms with E-state index in [2.05, 4.69) is 4.74 Å². The zero-order valence-corrected chi connectivity index (χ0v) is 8.49. The Morgan fingerprint density at radius 2 is 1.71 bits per heavy atom. The molecule has 0 aliphatic heterocycles. The first-order chi connectivity index (χ1) is 6.36. The Morgan fingerprint density at radius 1 is 1.29 bits per heavy atom. The van der Waals surface area contributed by atoms with Gasteiger partial charge in [-0.05, 0) is 12.1 Å². The van der Waals surface area contributed by atoms with Crippen LogP contribution >= 0.6 is 10.7 Å². The van der Waals surface area contributed by atoms with Crippen LogP contribution in [-0.2, 0) is 9.05 Å². The highest BCUT2D eigenvalue weighted by molar-refractivity contribution is 8.13. The van der Waals surface area contributed by atoms with Gasteiger partial charge in [-0.3, -0.25) is 0 Å². The quantitative estimate of drug-likeness (QED) is 0.744. The lowest BCUT2D eigenvalue weighted by Crippen LogP contribution is -1.98. The van der Waals surface area contributed by atoms with E-state index in [1.807, 2.05) is 0 Å². The summed E-state index contributed by atoms with van der Waals surface area (Å²) in [5.74, 6) is -2.88. The van der Waals surface area contributed by atoms with E-state index in [-0.39, 0.29) is 0 Å². The lowest BCUT2D eigenvalue weighted by atomic mass is 10.3. The third kappa shape index (κ3) is 2.13. The van der Waals surface area contributed by atoms with Gasteiger partial charge in [0.2, 0.25) is 0 Å². The summed E-state index contributed by atoms with van der Waals surface area (Å²) in [5.41, 5.74) is 0. The molecule has 14 heavy (non-hydrogen) atoms. The maximum Gasteiger partial charge on any atom is 0.261 e. The smallest absolute Gasteiger partial charge is 0.261 e. The summed E-state index contributed by atoms with van der Waals surface area (Å²) >= 11 is 0. The van der Waals surface area contributed by atoms with Gasteiger partial charge in [0.15, 0.2) is 17.4 Å². The molecule has 78 valence electrons. The first kappa shape index (κ1) is 11.2. The van der Waals surface area contributed by atoms with Crippen molar-refractivity contribution in [2.24, 2.45) is 0 Å². The Morgan fingerprint density at radius 3 is 2.00 bits per heavy atom. The van der Waals surface area contributed by atoms with Crippen LogP contribution in [0.4, 0.5) is 8.78 Å². The van der Waals surface area contributed by atoms with E-state index in [0.717, 1.165) is 7.11 Å². The molecule has 0 bridgehead atoms. The molecule has 0 fully saturated rings. The Balaban J connectivity index is 3.43. The summed E-state index contributed by atoms with van der Waals surface area (Å²) in [6.45, 7) is 0. The highest BCUT2D eigenvalue weighted by Gasteiger charge is 2.18. The SMILES string of the molecule is COc1c(F)cc(S(=O)(=O)Cl)cc1F. The number of rotatable bonds is 2. The summed E-state index contributed by atoms with van der Waals surface area (Å²) < 4.78 is 51.7. The van der Waals surface area contributed by atoms with Gasteiger partial charge in [0.05, 0.1) is 12.0 Å². The molecule has 1 aromatic rings. The van der Waals surface area contributed by atoms with Crippen LogP contribution in [0.25, 0.3) is 0 Å². The lowest BCUT2D eigenvalue weighted by Gasteiger charge is -2.04. The predicted molar refractivity (Wildman–Crippen MR) is 45.9 cm³/mol. The molecule has 1 aromatic carbocycles. The van der Waals surface area contributed by atoms with Crippen LogP contribution in [0.5, 0.6) is 5.75 Å². The molecule has 0 spiro atoms. The topological polar surface area (TPSA) is 43.4 Å². The van der Waals surface area contributed by atoms with Crippen molar-refractivity contribution in [1.82, 2.24) is 0 Å². The Kier molecular flexibility index (Phi) is 2.96. The minimum absolute atomic E-state index is 0.588. The minimum atomic E-state index is -4.14. The third-order valence-corrected chi connectivity index (χ3v) is 2.79. The van der Waals surface area contributed by atoms with E-state index in [4.69, 9.17) is 10.7 Å². The first-order valence-electron chi connectivity index (χ1n) is 3.34. The Labute approximate surface area is 83.7 Å². The summed E-state index contributed by atoms with van der Waals surface area (Å²) in [7, 11) is 1.83. The van der Waals surface area contributed by atoms with Crippen LogP contribution in [0.3, 0.4) is 0 Å². The van der Waals surface area contributed by atoms with E-state index in [0.29, 0.717) is 12.1 Å². The molecule has 0 radical (unpaired) electrons. The molecule has 0 heterocycles. The molecule has 0 aliphatic rings. The van der Waals surface area contributed by atoms with Crippen molar-refractivity contribution in [1.29, 1.82) is 0 Å². The Hall–Kier alpha value is -0.880. The first-order valence-corrected chi connectivity index (χ1v) is 5.65. The van der Waals surface area contributed by atoms with E-state index in [1.165, 1.54) is 0 Å². The second-order valence-corrected chi connectivity index (χ2v) is 4.92. The van der Waals surface area contributed by atoms with Crippen LogP contribution < -0.4 is 4.74 Å². The number of hydrogen-bond donors (Lipinski definition) is 0. The van der Waals surface area contributed by atoms with Gasteiger partial charge < -0.3 is 4.74 Å². The number of ether oxygens (including phenoxy) is 1. The standard InChI is InChI=1S/C7H5ClF2O3S/c1-13-7-5(9)2-4(3-6(7)10)14(8,11)12/h2-3H,1H3. The molecule has 1 rings (SSSR count). The van der Waals surface area contributed by atoms with Crippen LogP contribution in [-0.4, -0.2) is 15.5 Å². The van der Waals surface area contributed by atoms with E-state index >= 15 is 0 Å². The molecule has 0 aromatic heterocycles. The second kappa shape index (κ2) is 3.70. The zero-order valence-electron chi connectivity index (χ0n) is 6.92. The molecule has 0 aliphatic carbocycles. The van der Waals surface area contributed by atoms with Crippen LogP contribution in [0.1, 0.15) is 0 Å². The Bertz CT molecular complexity index is 435. The molecule has 0 saturated carbocycles. The molecule has 0 unspecified atom stereocenters. The van der Waals surface area contributed by atoms with Crippen LogP contribution in [0.15, 0.2) is 17.0 Å². The van der Waals surface area contributed by atoms with E-state index in [9.17, 15) is 17.2 Å². The fraction of sp³-hybridized carbons (Fsp3) is 0.143. The van der Waals surface area contributed by atoms with Gasteiger partial charge >= 0.3 is 0 Å². The highest BCUT2D eigenvalue weighted by Crippen LogP contribution is 2.26. The molecular weight excluding hydrogens is 238 g/mol. The molecule has 0 saturated heterocycles. The number of hydrogen-bond acceptors (Lipinski definition) is 3. The number of benzene rings is 1. The van der Waals surface area contributed by atoms with Crippen molar-refractivity contribution in [2.45, 2.75) is 4.90 Å². The van der Waals surface area contributed by atoms with Crippen LogP contribution in [0.2, 0.25) is 0 Å². The molecule has 0 amide bonds. The van der Waals surface area contributed by atoms with Gasteiger partial charge in [-0.15, -0.1) is 0 Å². The van der Waals surface area contributed by atoms with Gasteiger partial charge in [0, 0.05) is 10.7 Å². The predicted octanol–water partition coefficient (Wildman–Crippen LogP) is 1.90. The molecule has 3 nitrogen and oxygen atoms in total. The van der Waals surface area contributed by atoms with Gasteiger partial charge in [-0.25, -0.2) is 17.2 Å². The maximum absolute atomic E-state index is 13.0. The van der Waals surface area contributed by atoms with Crippen molar-refractivity contribution < 1.29 is 21.9 Å². The minimum Gasteiger partial charge on any atom is -0.491 e. The normalized spacial score (nSPS) is 11.4. The maximum atomic E-state index is 13.0. The monoisotopic (exact) mass is 242 g/mol. The molecule has 0 N–H and O–H groups in total. The number of methoxy groups -OCH3 is 1. The summed E-state index contributed by atoms with van der Waals surface area (Å²) in [6, 6.07) is 1.18. The summed E-state index contributed by atoms with van der Waals surface area (Å²) in [4.78, 5) is -0.644. The number of halogens is 3. The second-order valence-electron chi connectivity index (χ2n) is 2.36. The molecule has 0 atom stereocenters. The van der Waals surface area contributed by atoms with Crippen molar-refractivity contribution in [3.8, 4) is 5.75 Å². The fourth-order valence-corrected chi connectivity index (χ4v) is 1.63. The largest absolute Gasteiger partial charge is 0.491 e. The van der Waals surface area contributed by atoms with Gasteiger partial charge in [0.1, 0.15) is 0 Å². The molecule has 7 heteroatoms. The third-order valence-electron chi connectivity index (χ3n) is 1.46.